The van der Waals surface area contributed by atoms with Gasteiger partial charge >= 0.3 is 0 Å². The van der Waals surface area contributed by atoms with Gasteiger partial charge in [-0.3, -0.25) is 9.59 Å². The fraction of sp³-hybridized carbons (Fsp3) is 0.600. The molecule has 0 saturated carbocycles. The molecule has 1 fully saturated rings. The molecule has 1 aromatic rings. The van der Waals surface area contributed by atoms with Crippen LogP contribution in [0, 0.1) is 5.92 Å². The molecule has 1 heterocycles. The van der Waals surface area contributed by atoms with Crippen LogP contribution in [0.1, 0.15) is 31.2 Å². The summed E-state index contributed by atoms with van der Waals surface area (Å²) in [7, 11) is 0. The first-order valence-corrected chi connectivity index (χ1v) is 9.58. The summed E-state index contributed by atoms with van der Waals surface area (Å²) >= 11 is 0. The highest BCUT2D eigenvalue weighted by atomic mass is 35.5. The fourth-order valence-electron chi connectivity index (χ4n) is 3.18. The van der Waals surface area contributed by atoms with Gasteiger partial charge in [0.25, 0.3) is 0 Å². The second-order valence-corrected chi connectivity index (χ2v) is 6.71. The largest absolute Gasteiger partial charge is 0.381 e. The van der Waals surface area contributed by atoms with Crippen LogP contribution in [0.4, 0.5) is 0 Å². The van der Waals surface area contributed by atoms with Crippen LogP contribution in [0.3, 0.4) is 0 Å². The average Bonchev–Trinajstić information content (AvgIpc) is 2.69. The number of ether oxygens (including phenoxy) is 1. The molecular formula is C20H32ClN3O3. The van der Waals surface area contributed by atoms with Crippen LogP contribution < -0.4 is 11.1 Å². The lowest BCUT2D eigenvalue weighted by molar-refractivity contribution is -0.136. The van der Waals surface area contributed by atoms with E-state index in [0.29, 0.717) is 45.7 Å². The summed E-state index contributed by atoms with van der Waals surface area (Å²) in [6.07, 6.45) is 3.79. The van der Waals surface area contributed by atoms with Crippen LogP contribution in [0.2, 0.25) is 0 Å². The van der Waals surface area contributed by atoms with Crippen molar-refractivity contribution in [1.82, 2.24) is 10.2 Å². The zero-order chi connectivity index (χ0) is 18.6. The first-order chi connectivity index (χ1) is 12.7. The van der Waals surface area contributed by atoms with E-state index < -0.39 is 0 Å². The van der Waals surface area contributed by atoms with Gasteiger partial charge in [0.1, 0.15) is 0 Å². The summed E-state index contributed by atoms with van der Waals surface area (Å²) < 4.78 is 5.63. The van der Waals surface area contributed by atoms with Gasteiger partial charge in [-0.15, -0.1) is 12.4 Å². The first kappa shape index (κ1) is 23.4. The molecule has 2 rings (SSSR count). The Kier molecular flexibility index (Phi) is 11.7. The van der Waals surface area contributed by atoms with E-state index in [2.05, 4.69) is 17.4 Å². The van der Waals surface area contributed by atoms with Gasteiger partial charge in [-0.05, 0) is 31.2 Å². The number of likely N-dealkylation sites (tertiary alicyclic amines) is 1. The summed E-state index contributed by atoms with van der Waals surface area (Å²) in [6.45, 7) is 3.45. The molecule has 1 atom stereocenters. The van der Waals surface area contributed by atoms with E-state index in [1.54, 1.807) is 0 Å². The molecule has 1 aliphatic rings. The van der Waals surface area contributed by atoms with Crippen molar-refractivity contribution in [1.29, 1.82) is 0 Å². The number of hydrogen-bond acceptors (Lipinski definition) is 4. The van der Waals surface area contributed by atoms with Crippen molar-refractivity contribution in [3.63, 3.8) is 0 Å². The molecule has 6 nitrogen and oxygen atoms in total. The summed E-state index contributed by atoms with van der Waals surface area (Å²) in [6, 6.07) is 10.2. The minimum Gasteiger partial charge on any atom is -0.381 e. The Balaban J connectivity index is 0.00000364. The van der Waals surface area contributed by atoms with Crippen molar-refractivity contribution in [3.8, 4) is 0 Å². The third-order valence-corrected chi connectivity index (χ3v) is 4.65. The highest BCUT2D eigenvalue weighted by molar-refractivity contribution is 5.85. The number of nitrogens with one attached hydrogen (secondary N) is 1. The molecule has 3 N–H and O–H groups in total. The van der Waals surface area contributed by atoms with E-state index in [9.17, 15) is 9.59 Å². The Morgan fingerprint density at radius 1 is 1.22 bits per heavy atom. The summed E-state index contributed by atoms with van der Waals surface area (Å²) in [4.78, 5) is 26.2. The molecule has 1 unspecified atom stereocenters. The van der Waals surface area contributed by atoms with Gasteiger partial charge in [0.05, 0.1) is 12.5 Å². The molecular weight excluding hydrogens is 366 g/mol. The Morgan fingerprint density at radius 2 is 2.00 bits per heavy atom. The second kappa shape index (κ2) is 13.5. The Hall–Kier alpha value is -1.63. The maximum absolute atomic E-state index is 12.4. The van der Waals surface area contributed by atoms with Crippen LogP contribution in [0.25, 0.3) is 0 Å². The highest BCUT2D eigenvalue weighted by Gasteiger charge is 2.27. The minimum absolute atomic E-state index is 0. The monoisotopic (exact) mass is 397 g/mol. The van der Waals surface area contributed by atoms with Crippen LogP contribution >= 0.6 is 12.4 Å². The third-order valence-electron chi connectivity index (χ3n) is 4.65. The minimum atomic E-state index is -0.110. The standard InChI is InChI=1S/C20H31N3O3.ClH/c21-11-12-22-20(25)18-8-4-13-23(16-18)19(24)9-5-14-26-15-10-17-6-2-1-3-7-17;/h1-3,6-7,18H,4-5,8-16,21H2,(H,22,25);1H. The number of nitrogens with two attached hydrogens (primary N) is 1. The van der Waals surface area contributed by atoms with Gasteiger partial charge in [0, 0.05) is 39.2 Å². The zero-order valence-electron chi connectivity index (χ0n) is 15.9. The molecule has 2 amide bonds. The van der Waals surface area contributed by atoms with E-state index in [0.717, 1.165) is 25.8 Å². The van der Waals surface area contributed by atoms with E-state index in [1.807, 2.05) is 23.1 Å². The third kappa shape index (κ3) is 8.73. The summed E-state index contributed by atoms with van der Waals surface area (Å²) in [5.41, 5.74) is 6.67. The Labute approximate surface area is 168 Å². The predicted octanol–water partition coefficient (Wildman–Crippen LogP) is 1.76. The van der Waals surface area contributed by atoms with E-state index in [-0.39, 0.29) is 30.1 Å². The number of amides is 2. The highest BCUT2D eigenvalue weighted by Crippen LogP contribution is 2.17. The molecule has 27 heavy (non-hydrogen) atoms. The van der Waals surface area contributed by atoms with Crippen LogP contribution in [-0.4, -0.2) is 56.1 Å². The van der Waals surface area contributed by atoms with E-state index in [4.69, 9.17) is 10.5 Å². The lowest BCUT2D eigenvalue weighted by atomic mass is 9.96. The van der Waals surface area contributed by atoms with Crippen molar-refractivity contribution < 1.29 is 14.3 Å². The second-order valence-electron chi connectivity index (χ2n) is 6.71. The number of carbonyl (C=O) groups excluding carboxylic acids is 2. The van der Waals surface area contributed by atoms with Gasteiger partial charge in [-0.25, -0.2) is 0 Å². The topological polar surface area (TPSA) is 84.7 Å². The van der Waals surface area contributed by atoms with Crippen LogP contribution in [-0.2, 0) is 20.7 Å². The molecule has 0 aliphatic carbocycles. The Morgan fingerprint density at radius 3 is 2.74 bits per heavy atom. The Bertz CT molecular complexity index is 557. The van der Waals surface area contributed by atoms with Crippen molar-refractivity contribution >= 4 is 24.2 Å². The number of halogens is 1. The lowest BCUT2D eigenvalue weighted by Crippen LogP contribution is -2.46. The molecule has 1 aromatic carbocycles. The average molecular weight is 398 g/mol. The first-order valence-electron chi connectivity index (χ1n) is 9.58. The SMILES string of the molecule is Cl.NCCNC(=O)C1CCCN(C(=O)CCCOCCc2ccccc2)C1. The molecule has 1 aliphatic heterocycles. The van der Waals surface area contributed by atoms with Crippen LogP contribution in [0.15, 0.2) is 30.3 Å². The van der Waals surface area contributed by atoms with Gasteiger partial charge in [-0.2, -0.15) is 0 Å². The van der Waals surface area contributed by atoms with Gasteiger partial charge in [-0.1, -0.05) is 30.3 Å². The van der Waals surface area contributed by atoms with E-state index in [1.165, 1.54) is 5.56 Å². The molecule has 0 aromatic heterocycles. The zero-order valence-corrected chi connectivity index (χ0v) is 16.7. The van der Waals surface area contributed by atoms with Gasteiger partial charge in [0.2, 0.25) is 11.8 Å². The number of nitrogens with zero attached hydrogens (tertiary/aromatic N) is 1. The van der Waals surface area contributed by atoms with Crippen molar-refractivity contribution in [2.24, 2.45) is 11.7 Å². The quantitative estimate of drug-likeness (QED) is 0.589. The molecule has 152 valence electrons. The van der Waals surface area contributed by atoms with Crippen molar-refractivity contribution in [3.05, 3.63) is 35.9 Å². The van der Waals surface area contributed by atoms with Gasteiger partial charge < -0.3 is 20.7 Å². The number of rotatable bonds is 10. The molecule has 1 saturated heterocycles. The number of piperidine rings is 1. The van der Waals surface area contributed by atoms with Gasteiger partial charge in [0.15, 0.2) is 0 Å². The fourth-order valence-corrected chi connectivity index (χ4v) is 3.18. The number of hydrogen-bond donors (Lipinski definition) is 2. The molecule has 0 radical (unpaired) electrons. The smallest absolute Gasteiger partial charge is 0.224 e. The number of carbonyl (C=O) groups is 2. The maximum Gasteiger partial charge on any atom is 0.224 e. The van der Waals surface area contributed by atoms with Crippen molar-refractivity contribution in [2.45, 2.75) is 32.1 Å². The molecule has 7 heteroatoms. The molecule has 0 bridgehead atoms. The summed E-state index contributed by atoms with van der Waals surface area (Å²) in [5, 5.41) is 2.82. The number of benzene rings is 1. The maximum atomic E-state index is 12.4. The van der Waals surface area contributed by atoms with Crippen LogP contribution in [0.5, 0.6) is 0 Å². The lowest BCUT2D eigenvalue weighted by Gasteiger charge is -2.32. The molecule has 0 spiro atoms. The predicted molar refractivity (Wildman–Crippen MR) is 109 cm³/mol. The van der Waals surface area contributed by atoms with E-state index >= 15 is 0 Å². The normalized spacial score (nSPS) is 16.5. The summed E-state index contributed by atoms with van der Waals surface area (Å²) in [5.74, 6) is 0.0200. The van der Waals surface area contributed by atoms with Crippen molar-refractivity contribution in [2.75, 3.05) is 39.4 Å².